The first kappa shape index (κ1) is 13.0. The molecule has 0 fully saturated rings. The van der Waals surface area contributed by atoms with Gasteiger partial charge in [0.05, 0.1) is 0 Å². The molecule has 0 saturated heterocycles. The van der Waals surface area contributed by atoms with Crippen molar-refractivity contribution < 1.29 is 0 Å². The third kappa shape index (κ3) is 2.35. The molecule has 0 aliphatic carbocycles. The summed E-state index contributed by atoms with van der Waals surface area (Å²) in [6, 6.07) is 11.0. The zero-order valence-corrected chi connectivity index (χ0v) is 11.8. The van der Waals surface area contributed by atoms with Crippen molar-refractivity contribution in [2.75, 3.05) is 0 Å². The Morgan fingerprint density at radius 3 is 2.90 bits per heavy atom. The van der Waals surface area contributed by atoms with Crippen molar-refractivity contribution in [1.29, 1.82) is 5.41 Å². The molecule has 100 valence electrons. The molecule has 0 spiro atoms. The summed E-state index contributed by atoms with van der Waals surface area (Å²) < 4.78 is 1.88. The molecule has 0 radical (unpaired) electrons. The quantitative estimate of drug-likeness (QED) is 0.576. The third-order valence-electron chi connectivity index (χ3n) is 2.72. The van der Waals surface area contributed by atoms with E-state index in [1.54, 1.807) is 12.1 Å². The number of nitrogen functional groups attached to an aromatic ring is 1. The third-order valence-corrected chi connectivity index (χ3v) is 3.99. The Morgan fingerprint density at radius 1 is 1.25 bits per heavy atom. The number of benzene rings is 1. The van der Waals surface area contributed by atoms with Gasteiger partial charge in [0.1, 0.15) is 5.84 Å². The molecule has 0 atom stereocenters. The van der Waals surface area contributed by atoms with Gasteiger partial charge in [-0.25, -0.2) is 0 Å². The van der Waals surface area contributed by atoms with Gasteiger partial charge in [0.25, 0.3) is 0 Å². The second-order valence-corrected chi connectivity index (χ2v) is 5.51. The molecule has 3 rings (SSSR count). The number of fused-ring (bicyclic) bond motifs is 1. The highest BCUT2D eigenvalue weighted by molar-refractivity contribution is 7.99. The molecule has 0 aliphatic heterocycles. The number of amidine groups is 1. The summed E-state index contributed by atoms with van der Waals surface area (Å²) >= 11 is 7.34. The predicted molar refractivity (Wildman–Crippen MR) is 79.6 cm³/mol. The minimum Gasteiger partial charge on any atom is -0.384 e. The van der Waals surface area contributed by atoms with Crippen LogP contribution in [-0.2, 0) is 0 Å². The number of nitrogens with two attached hydrogens (primary N) is 1. The minimum absolute atomic E-state index is 0.0242. The fraction of sp³-hybridized carbons (Fsp3) is 0. The van der Waals surface area contributed by atoms with Gasteiger partial charge in [-0.2, -0.15) is 0 Å². The average molecular weight is 304 g/mol. The Morgan fingerprint density at radius 2 is 2.10 bits per heavy atom. The minimum atomic E-state index is -0.0242. The fourth-order valence-corrected chi connectivity index (χ4v) is 2.91. The Bertz CT molecular complexity index is 798. The van der Waals surface area contributed by atoms with E-state index >= 15 is 0 Å². The molecule has 20 heavy (non-hydrogen) atoms. The predicted octanol–water partition coefficient (Wildman–Crippen LogP) is 2.82. The van der Waals surface area contributed by atoms with Gasteiger partial charge < -0.3 is 5.73 Å². The fourth-order valence-electron chi connectivity index (χ4n) is 1.79. The van der Waals surface area contributed by atoms with Crippen LogP contribution in [0, 0.1) is 5.41 Å². The van der Waals surface area contributed by atoms with E-state index < -0.39 is 0 Å². The highest BCUT2D eigenvalue weighted by Gasteiger charge is 2.12. The highest BCUT2D eigenvalue weighted by atomic mass is 35.5. The number of hydrogen-bond donors (Lipinski definition) is 2. The van der Waals surface area contributed by atoms with Gasteiger partial charge in [-0.15, -0.1) is 10.2 Å². The van der Waals surface area contributed by atoms with E-state index in [4.69, 9.17) is 22.7 Å². The van der Waals surface area contributed by atoms with Crippen molar-refractivity contribution in [3.63, 3.8) is 0 Å². The first-order valence-corrected chi connectivity index (χ1v) is 6.96. The SMILES string of the molecule is N=C(N)c1cc(Cl)ccc1Sc1nnc2ccccn12. The van der Waals surface area contributed by atoms with Crippen LogP contribution in [0.5, 0.6) is 0 Å². The molecular formula is C13H10ClN5S. The summed E-state index contributed by atoms with van der Waals surface area (Å²) in [5.74, 6) is -0.0242. The zero-order chi connectivity index (χ0) is 14.1. The number of nitrogens with zero attached hydrogens (tertiary/aromatic N) is 3. The molecular weight excluding hydrogens is 294 g/mol. The molecule has 0 bridgehead atoms. The molecule has 0 amide bonds. The lowest BCUT2D eigenvalue weighted by molar-refractivity contribution is 0.921. The topological polar surface area (TPSA) is 80.1 Å². The van der Waals surface area contributed by atoms with Crippen LogP contribution in [0.1, 0.15) is 5.56 Å². The molecule has 0 unspecified atom stereocenters. The van der Waals surface area contributed by atoms with Gasteiger partial charge in [0.2, 0.25) is 0 Å². The van der Waals surface area contributed by atoms with Crippen LogP contribution in [0.2, 0.25) is 5.02 Å². The molecule has 3 N–H and O–H groups in total. The van der Waals surface area contributed by atoms with Crippen molar-refractivity contribution >= 4 is 34.8 Å². The molecule has 3 aromatic rings. The number of nitrogens with one attached hydrogen (secondary N) is 1. The second-order valence-electron chi connectivity index (χ2n) is 4.07. The van der Waals surface area contributed by atoms with Crippen molar-refractivity contribution in [3.8, 4) is 0 Å². The van der Waals surface area contributed by atoms with Crippen LogP contribution in [-0.4, -0.2) is 20.4 Å². The number of rotatable bonds is 3. The largest absolute Gasteiger partial charge is 0.384 e. The molecule has 2 heterocycles. The van der Waals surface area contributed by atoms with Crippen molar-refractivity contribution in [3.05, 3.63) is 53.2 Å². The Balaban J connectivity index is 2.05. The summed E-state index contributed by atoms with van der Waals surface area (Å²) in [5, 5.41) is 17.1. The first-order valence-electron chi connectivity index (χ1n) is 5.77. The molecule has 7 heteroatoms. The van der Waals surface area contributed by atoms with E-state index in [0.717, 1.165) is 10.5 Å². The van der Waals surface area contributed by atoms with Gasteiger partial charge in [0, 0.05) is 21.7 Å². The van der Waals surface area contributed by atoms with Gasteiger partial charge in [-0.1, -0.05) is 17.7 Å². The van der Waals surface area contributed by atoms with Crippen molar-refractivity contribution in [2.45, 2.75) is 10.1 Å². The van der Waals surface area contributed by atoms with Crippen LogP contribution >= 0.6 is 23.4 Å². The standard InChI is InChI=1S/C13H10ClN5S/c14-8-4-5-10(9(7-8)12(15)16)20-13-18-17-11-3-1-2-6-19(11)13/h1-7H,(H3,15,16). The zero-order valence-electron chi connectivity index (χ0n) is 10.2. The van der Waals surface area contributed by atoms with Gasteiger partial charge in [0.15, 0.2) is 10.8 Å². The number of aromatic nitrogens is 3. The van der Waals surface area contributed by atoms with Crippen molar-refractivity contribution in [2.24, 2.45) is 5.73 Å². The maximum absolute atomic E-state index is 7.63. The van der Waals surface area contributed by atoms with Crippen LogP contribution < -0.4 is 5.73 Å². The Hall–Kier alpha value is -2.05. The molecule has 2 aromatic heterocycles. The van der Waals surface area contributed by atoms with E-state index in [0.29, 0.717) is 15.7 Å². The maximum Gasteiger partial charge on any atom is 0.200 e. The van der Waals surface area contributed by atoms with E-state index in [2.05, 4.69) is 10.2 Å². The molecule has 0 aliphatic rings. The van der Waals surface area contributed by atoms with Crippen LogP contribution in [0.3, 0.4) is 0 Å². The van der Waals surface area contributed by atoms with Gasteiger partial charge in [-0.05, 0) is 42.1 Å². The van der Waals surface area contributed by atoms with Gasteiger partial charge >= 0.3 is 0 Å². The maximum atomic E-state index is 7.63. The molecule has 0 saturated carbocycles. The molecule has 1 aromatic carbocycles. The highest BCUT2D eigenvalue weighted by Crippen LogP contribution is 2.30. The molecule has 5 nitrogen and oxygen atoms in total. The lowest BCUT2D eigenvalue weighted by Crippen LogP contribution is -2.12. The van der Waals surface area contributed by atoms with Crippen molar-refractivity contribution in [1.82, 2.24) is 14.6 Å². The summed E-state index contributed by atoms with van der Waals surface area (Å²) in [4.78, 5) is 0.819. The second kappa shape index (κ2) is 5.15. The Labute approximate surface area is 124 Å². The van der Waals surface area contributed by atoms with E-state index in [1.165, 1.54) is 11.8 Å². The normalized spacial score (nSPS) is 10.8. The average Bonchev–Trinajstić information content (AvgIpc) is 2.84. The van der Waals surface area contributed by atoms with Crippen LogP contribution in [0.15, 0.2) is 52.6 Å². The van der Waals surface area contributed by atoms with Crippen LogP contribution in [0.4, 0.5) is 0 Å². The summed E-state index contributed by atoms with van der Waals surface area (Å²) in [6.07, 6.45) is 1.89. The van der Waals surface area contributed by atoms with Crippen LogP contribution in [0.25, 0.3) is 5.65 Å². The smallest absolute Gasteiger partial charge is 0.200 e. The number of pyridine rings is 1. The van der Waals surface area contributed by atoms with E-state index in [9.17, 15) is 0 Å². The van der Waals surface area contributed by atoms with E-state index in [1.807, 2.05) is 34.9 Å². The number of hydrogen-bond acceptors (Lipinski definition) is 4. The van der Waals surface area contributed by atoms with Gasteiger partial charge in [-0.3, -0.25) is 9.81 Å². The lowest BCUT2D eigenvalue weighted by Gasteiger charge is -2.07. The summed E-state index contributed by atoms with van der Waals surface area (Å²) in [5.41, 5.74) is 6.96. The summed E-state index contributed by atoms with van der Waals surface area (Å²) in [6.45, 7) is 0. The Kier molecular flexibility index (Phi) is 3.33. The van der Waals surface area contributed by atoms with E-state index in [-0.39, 0.29) is 5.84 Å². The first-order chi connectivity index (χ1) is 9.65. The number of halogens is 1. The monoisotopic (exact) mass is 303 g/mol. The lowest BCUT2D eigenvalue weighted by atomic mass is 10.2. The summed E-state index contributed by atoms with van der Waals surface area (Å²) in [7, 11) is 0.